The van der Waals surface area contributed by atoms with Crippen LogP contribution in [-0.4, -0.2) is 45.7 Å². The Morgan fingerprint density at radius 1 is 1.09 bits per heavy atom. The molecule has 164 valence electrons. The van der Waals surface area contributed by atoms with E-state index in [1.54, 1.807) is 0 Å². The van der Waals surface area contributed by atoms with Gasteiger partial charge in [-0.25, -0.2) is 4.98 Å². The highest BCUT2D eigenvalue weighted by molar-refractivity contribution is 6.63. The zero-order valence-electron chi connectivity index (χ0n) is 18.8. The van der Waals surface area contributed by atoms with Gasteiger partial charge >= 0.3 is 7.12 Å². The van der Waals surface area contributed by atoms with Gasteiger partial charge in [0, 0.05) is 17.6 Å². The Kier molecular flexibility index (Phi) is 4.04. The molecule has 1 aromatic heterocycles. The third kappa shape index (κ3) is 2.56. The lowest BCUT2D eigenvalue weighted by atomic mass is 9.72. The molecule has 1 fully saturated rings. The summed E-state index contributed by atoms with van der Waals surface area (Å²) in [7, 11) is 1.31. The molecule has 32 heavy (non-hydrogen) atoms. The molecule has 0 N–H and O–H groups in total. The van der Waals surface area contributed by atoms with Gasteiger partial charge in [-0.15, -0.1) is 0 Å². The fourth-order valence-corrected chi connectivity index (χ4v) is 5.46. The van der Waals surface area contributed by atoms with E-state index >= 15 is 0 Å². The van der Waals surface area contributed by atoms with Crippen molar-refractivity contribution in [3.8, 4) is 0 Å². The molecule has 0 saturated carbocycles. The molecule has 6 rings (SSSR count). The maximum absolute atomic E-state index is 13.5. The van der Waals surface area contributed by atoms with Crippen molar-refractivity contribution in [1.29, 1.82) is 0 Å². The van der Waals surface area contributed by atoms with E-state index in [9.17, 15) is 4.79 Å². The van der Waals surface area contributed by atoms with Crippen LogP contribution in [0.25, 0.3) is 11.0 Å². The van der Waals surface area contributed by atoms with Crippen molar-refractivity contribution >= 4 is 41.1 Å². The van der Waals surface area contributed by atoms with Crippen LogP contribution in [-0.2, 0) is 9.31 Å². The second-order valence-electron chi connectivity index (χ2n) is 10.1. The Balaban J connectivity index is 1.60. The van der Waals surface area contributed by atoms with E-state index in [0.29, 0.717) is 10.6 Å². The number of nitrogens with zero attached hydrogens (tertiary/aromatic N) is 3. The molecule has 2 bridgehead atoms. The molecule has 2 atom stereocenters. The highest BCUT2D eigenvalue weighted by atomic mass is 35.5. The Morgan fingerprint density at radius 3 is 2.53 bits per heavy atom. The van der Waals surface area contributed by atoms with Gasteiger partial charge in [-0.05, 0) is 69.4 Å². The fourth-order valence-electron chi connectivity index (χ4n) is 5.30. The van der Waals surface area contributed by atoms with Crippen molar-refractivity contribution < 1.29 is 14.1 Å². The summed E-state index contributed by atoms with van der Waals surface area (Å²) in [5.74, 6) is 0.902. The van der Waals surface area contributed by atoms with E-state index in [0.717, 1.165) is 34.3 Å². The van der Waals surface area contributed by atoms with Crippen LogP contribution in [0.15, 0.2) is 36.4 Å². The number of halogens is 1. The third-order valence-electron chi connectivity index (χ3n) is 7.73. The molecule has 3 aromatic rings. The number of hydrogen-bond donors (Lipinski definition) is 0. The van der Waals surface area contributed by atoms with Gasteiger partial charge in [-0.1, -0.05) is 23.7 Å². The minimum atomic E-state index is -0.549. The van der Waals surface area contributed by atoms with E-state index < -0.39 is 18.3 Å². The summed E-state index contributed by atoms with van der Waals surface area (Å²) in [6.07, 6.45) is 0.760. The van der Waals surface area contributed by atoms with Crippen molar-refractivity contribution in [3.05, 3.63) is 58.4 Å². The summed E-state index contributed by atoms with van der Waals surface area (Å²) in [6.45, 7) is 8.18. The zero-order valence-corrected chi connectivity index (χ0v) is 19.6. The molecule has 3 aliphatic heterocycles. The van der Waals surface area contributed by atoms with Crippen LogP contribution in [0, 0.1) is 0 Å². The maximum atomic E-state index is 13.5. The van der Waals surface area contributed by atoms with Gasteiger partial charge in [-0.3, -0.25) is 4.79 Å². The average molecular weight is 450 g/mol. The second-order valence-corrected chi connectivity index (χ2v) is 10.5. The number of carbonyl (C=O) groups excluding carboxylic acids is 1. The predicted molar refractivity (Wildman–Crippen MR) is 124 cm³/mol. The molecule has 0 spiro atoms. The normalized spacial score (nSPS) is 25.2. The summed E-state index contributed by atoms with van der Waals surface area (Å²) >= 11 is 6.36. The van der Waals surface area contributed by atoms with Crippen molar-refractivity contribution in [2.45, 2.75) is 57.4 Å². The van der Waals surface area contributed by atoms with Crippen molar-refractivity contribution in [3.63, 3.8) is 0 Å². The van der Waals surface area contributed by atoms with Crippen LogP contribution in [0.5, 0.6) is 0 Å². The lowest BCUT2D eigenvalue weighted by molar-refractivity contribution is 0.00578. The van der Waals surface area contributed by atoms with E-state index in [-0.39, 0.29) is 18.0 Å². The standard InChI is InChI=1S/C24H25BClN3O3/c1-23(2)24(3,4)32-25(31-23)15-8-6-7-14-20(15)18-12-19(28(5)22(14)30)21-27-16-10-9-13(26)11-17(16)29(18)21/h6-11,18-19H,12H2,1-5H3/t18-,19-/m1/s1. The van der Waals surface area contributed by atoms with Gasteiger partial charge in [-0.2, -0.15) is 0 Å². The number of imidazole rings is 1. The molecule has 2 aromatic carbocycles. The highest BCUT2D eigenvalue weighted by Gasteiger charge is 2.54. The number of aromatic nitrogens is 2. The van der Waals surface area contributed by atoms with Gasteiger partial charge in [0.15, 0.2) is 0 Å². The van der Waals surface area contributed by atoms with Crippen molar-refractivity contribution in [1.82, 2.24) is 14.5 Å². The summed E-state index contributed by atoms with van der Waals surface area (Å²) in [5.41, 5.74) is 3.50. The number of benzene rings is 2. The van der Waals surface area contributed by atoms with E-state index in [2.05, 4.69) is 4.57 Å². The molecule has 8 heteroatoms. The Bertz CT molecular complexity index is 1290. The van der Waals surface area contributed by atoms with Crippen LogP contribution in [0.3, 0.4) is 0 Å². The molecule has 6 nitrogen and oxygen atoms in total. The Hall–Kier alpha value is -2.35. The lowest BCUT2D eigenvalue weighted by Crippen LogP contribution is -2.41. The van der Waals surface area contributed by atoms with Crippen molar-refractivity contribution in [2.24, 2.45) is 0 Å². The van der Waals surface area contributed by atoms with E-state index in [4.69, 9.17) is 25.9 Å². The summed E-state index contributed by atoms with van der Waals surface area (Å²) < 4.78 is 15.1. The SMILES string of the molecule is CN1C(=O)c2cccc(B3OC(C)(C)C(C)(C)O3)c2[C@H]2C[C@@H]1c1nc3ccc(Cl)cc3n12. The molecule has 0 aliphatic carbocycles. The van der Waals surface area contributed by atoms with E-state index in [1.807, 2.05) is 76.0 Å². The first-order valence-electron chi connectivity index (χ1n) is 11.0. The quantitative estimate of drug-likeness (QED) is 0.525. The molecular formula is C24H25BClN3O3. The molecule has 3 aliphatic rings. The first-order valence-corrected chi connectivity index (χ1v) is 11.4. The van der Waals surface area contributed by atoms with Crippen LogP contribution < -0.4 is 5.46 Å². The number of rotatable bonds is 1. The fraction of sp³-hybridized carbons (Fsp3) is 0.417. The van der Waals surface area contributed by atoms with Gasteiger partial charge < -0.3 is 18.8 Å². The molecular weight excluding hydrogens is 425 g/mol. The van der Waals surface area contributed by atoms with Crippen LogP contribution in [0.4, 0.5) is 0 Å². The largest absolute Gasteiger partial charge is 0.495 e. The molecule has 1 saturated heterocycles. The second kappa shape index (κ2) is 6.37. The topological polar surface area (TPSA) is 56.6 Å². The number of fused-ring (bicyclic) bond motifs is 9. The molecule has 1 amide bonds. The van der Waals surface area contributed by atoms with Crippen LogP contribution in [0.1, 0.15) is 67.9 Å². The molecule has 0 radical (unpaired) electrons. The number of amides is 1. The summed E-state index contributed by atoms with van der Waals surface area (Å²) in [5, 5.41) is 0.670. The van der Waals surface area contributed by atoms with Crippen molar-refractivity contribution in [2.75, 3.05) is 7.05 Å². The minimum Gasteiger partial charge on any atom is -0.399 e. The van der Waals surface area contributed by atoms with Gasteiger partial charge in [0.1, 0.15) is 5.82 Å². The smallest absolute Gasteiger partial charge is 0.399 e. The molecule has 4 heterocycles. The lowest BCUT2D eigenvalue weighted by Gasteiger charge is -2.32. The summed E-state index contributed by atoms with van der Waals surface area (Å²) in [4.78, 5) is 20.2. The average Bonchev–Trinajstić information content (AvgIpc) is 3.32. The molecule has 0 unspecified atom stereocenters. The van der Waals surface area contributed by atoms with E-state index in [1.165, 1.54) is 0 Å². The Morgan fingerprint density at radius 2 is 1.81 bits per heavy atom. The minimum absolute atomic E-state index is 0.00204. The highest BCUT2D eigenvalue weighted by Crippen LogP contribution is 2.47. The van der Waals surface area contributed by atoms with Gasteiger partial charge in [0.2, 0.25) is 0 Å². The van der Waals surface area contributed by atoms with Gasteiger partial charge in [0.05, 0.1) is 34.3 Å². The first-order chi connectivity index (χ1) is 15.1. The zero-order chi connectivity index (χ0) is 22.6. The monoisotopic (exact) mass is 449 g/mol. The number of hydrogen-bond acceptors (Lipinski definition) is 4. The number of carbonyl (C=O) groups is 1. The van der Waals surface area contributed by atoms with Crippen LogP contribution >= 0.6 is 11.6 Å². The summed E-state index contributed by atoms with van der Waals surface area (Å²) in [6, 6.07) is 11.5. The first kappa shape index (κ1) is 20.3. The predicted octanol–water partition coefficient (Wildman–Crippen LogP) is 4.11. The van der Waals surface area contributed by atoms with Gasteiger partial charge in [0.25, 0.3) is 5.91 Å². The third-order valence-corrected chi connectivity index (χ3v) is 7.97. The maximum Gasteiger partial charge on any atom is 0.495 e. The van der Waals surface area contributed by atoms with Crippen LogP contribution in [0.2, 0.25) is 5.02 Å². The Labute approximate surface area is 192 Å².